The Morgan fingerprint density at radius 2 is 0.906 bits per heavy atom. The molecule has 2 nitrogen and oxygen atoms in total. The Bertz CT molecular complexity index is 2720. The molecule has 0 fully saturated rings. The van der Waals surface area contributed by atoms with Crippen molar-refractivity contribution in [3.8, 4) is 56.2 Å². The maximum absolute atomic E-state index is 5.43. The molecule has 1 aliphatic carbocycles. The van der Waals surface area contributed by atoms with Crippen LogP contribution in [0.5, 0.6) is 0 Å². The van der Waals surface area contributed by atoms with Gasteiger partial charge in [0.05, 0.1) is 16.8 Å². The molecule has 1 aromatic heterocycles. The highest BCUT2D eigenvalue weighted by Crippen LogP contribution is 2.59. The van der Waals surface area contributed by atoms with Gasteiger partial charge in [0, 0.05) is 16.7 Å². The van der Waals surface area contributed by atoms with Crippen LogP contribution < -0.4 is 0 Å². The van der Waals surface area contributed by atoms with Gasteiger partial charge in [0.25, 0.3) is 0 Å². The van der Waals surface area contributed by atoms with Crippen LogP contribution in [-0.4, -0.2) is 9.97 Å². The van der Waals surface area contributed by atoms with Crippen molar-refractivity contribution in [2.75, 3.05) is 0 Å². The molecule has 0 aliphatic heterocycles. The van der Waals surface area contributed by atoms with Gasteiger partial charge in [-0.1, -0.05) is 194 Å². The van der Waals surface area contributed by atoms with Crippen LogP contribution in [0.4, 0.5) is 0 Å². The third-order valence-corrected chi connectivity index (χ3v) is 10.8. The van der Waals surface area contributed by atoms with Crippen LogP contribution in [0.2, 0.25) is 0 Å². The fourth-order valence-corrected chi connectivity index (χ4v) is 8.46. The molecule has 0 unspecified atom stereocenters. The standard InChI is InChI=1S/C51H34N2/c1-5-17-35(18-6-1)38-22-15-23-39(33-38)47-34-46(37-20-7-2-8-21-37)52-50(53-47)44-29-16-30-45-48(44)43-32-31-36-19-13-14-28-42(36)49(43)51(45,40-24-9-3-10-25-40)41-26-11-4-12-27-41/h1-34H. The normalized spacial score (nSPS) is 12.7. The Labute approximate surface area is 309 Å². The topological polar surface area (TPSA) is 25.8 Å². The monoisotopic (exact) mass is 674 g/mol. The third-order valence-electron chi connectivity index (χ3n) is 10.8. The molecular weight excluding hydrogens is 641 g/mol. The number of aromatic nitrogens is 2. The lowest BCUT2D eigenvalue weighted by atomic mass is 9.66. The number of rotatable bonds is 6. The van der Waals surface area contributed by atoms with Gasteiger partial charge in [0.1, 0.15) is 0 Å². The lowest BCUT2D eigenvalue weighted by Crippen LogP contribution is -2.28. The van der Waals surface area contributed by atoms with Gasteiger partial charge in [-0.15, -0.1) is 0 Å². The van der Waals surface area contributed by atoms with Crippen molar-refractivity contribution in [3.63, 3.8) is 0 Å². The van der Waals surface area contributed by atoms with E-state index in [0.29, 0.717) is 5.82 Å². The fourth-order valence-electron chi connectivity index (χ4n) is 8.46. The zero-order valence-corrected chi connectivity index (χ0v) is 29.0. The molecular formula is C51H34N2. The first-order valence-corrected chi connectivity index (χ1v) is 18.2. The lowest BCUT2D eigenvalue weighted by molar-refractivity contribution is 0.775. The molecule has 248 valence electrons. The van der Waals surface area contributed by atoms with Gasteiger partial charge in [-0.3, -0.25) is 0 Å². The predicted octanol–water partition coefficient (Wildman–Crippen LogP) is 12.7. The van der Waals surface area contributed by atoms with Crippen molar-refractivity contribution in [1.82, 2.24) is 9.97 Å². The van der Waals surface area contributed by atoms with Gasteiger partial charge < -0.3 is 0 Å². The Kier molecular flexibility index (Phi) is 7.40. The lowest BCUT2D eigenvalue weighted by Gasteiger charge is -2.34. The second kappa shape index (κ2) is 12.7. The first-order chi connectivity index (χ1) is 26.3. The van der Waals surface area contributed by atoms with Crippen molar-refractivity contribution in [2.24, 2.45) is 0 Å². The summed E-state index contributed by atoms with van der Waals surface area (Å²) < 4.78 is 0. The molecule has 10 rings (SSSR count). The summed E-state index contributed by atoms with van der Waals surface area (Å²) in [7, 11) is 0. The van der Waals surface area contributed by atoms with Crippen LogP contribution in [-0.2, 0) is 5.41 Å². The Hall–Kier alpha value is -6.90. The molecule has 0 N–H and O–H groups in total. The molecule has 0 radical (unpaired) electrons. The highest BCUT2D eigenvalue weighted by atomic mass is 14.9. The van der Waals surface area contributed by atoms with Crippen molar-refractivity contribution < 1.29 is 0 Å². The van der Waals surface area contributed by atoms with E-state index in [0.717, 1.165) is 33.6 Å². The van der Waals surface area contributed by atoms with Gasteiger partial charge in [0.15, 0.2) is 5.82 Å². The fraction of sp³-hybridized carbons (Fsp3) is 0.0196. The Morgan fingerprint density at radius 1 is 0.358 bits per heavy atom. The minimum absolute atomic E-state index is 0.562. The first kappa shape index (κ1) is 30.9. The summed E-state index contributed by atoms with van der Waals surface area (Å²) in [6.45, 7) is 0. The highest BCUT2D eigenvalue weighted by Gasteiger charge is 2.48. The molecule has 1 heterocycles. The molecule has 0 atom stereocenters. The molecule has 0 spiro atoms. The molecule has 9 aromatic rings. The summed E-state index contributed by atoms with van der Waals surface area (Å²) >= 11 is 0. The van der Waals surface area contributed by atoms with Crippen LogP contribution in [0, 0.1) is 0 Å². The maximum Gasteiger partial charge on any atom is 0.161 e. The van der Waals surface area contributed by atoms with Gasteiger partial charge in [-0.25, -0.2) is 9.97 Å². The number of hydrogen-bond donors (Lipinski definition) is 0. The average Bonchev–Trinajstić information content (AvgIpc) is 3.57. The minimum atomic E-state index is -0.562. The molecule has 8 aromatic carbocycles. The Balaban J connectivity index is 1.28. The quantitative estimate of drug-likeness (QED) is 0.175. The van der Waals surface area contributed by atoms with E-state index in [1.165, 1.54) is 49.7 Å². The van der Waals surface area contributed by atoms with Crippen LogP contribution in [0.1, 0.15) is 22.3 Å². The summed E-state index contributed by atoms with van der Waals surface area (Å²) in [5, 5.41) is 2.47. The van der Waals surface area contributed by atoms with E-state index in [4.69, 9.17) is 9.97 Å². The Morgan fingerprint density at radius 3 is 1.60 bits per heavy atom. The number of benzene rings is 8. The summed E-state index contributed by atoms with van der Waals surface area (Å²) in [5.41, 5.74) is 14.1. The van der Waals surface area contributed by atoms with E-state index in [9.17, 15) is 0 Å². The van der Waals surface area contributed by atoms with E-state index in [1.807, 2.05) is 6.07 Å². The van der Waals surface area contributed by atoms with Crippen molar-refractivity contribution >= 4 is 10.8 Å². The SMILES string of the molecule is c1ccc(-c2cccc(-c3cc(-c4ccccc4)nc(-c4cccc5c4-c4ccc6ccccc6c4C5(c4ccccc4)c4ccccc4)n3)c2)cc1. The van der Waals surface area contributed by atoms with Crippen molar-refractivity contribution in [3.05, 3.63) is 229 Å². The summed E-state index contributed by atoms with van der Waals surface area (Å²) in [5.74, 6) is 0.708. The van der Waals surface area contributed by atoms with Crippen LogP contribution in [0.3, 0.4) is 0 Å². The second-order valence-electron chi connectivity index (χ2n) is 13.7. The van der Waals surface area contributed by atoms with Crippen molar-refractivity contribution in [1.29, 1.82) is 0 Å². The highest BCUT2D eigenvalue weighted by molar-refractivity contribution is 6.03. The van der Waals surface area contributed by atoms with E-state index in [2.05, 4.69) is 200 Å². The molecule has 0 saturated carbocycles. The smallest absolute Gasteiger partial charge is 0.161 e. The van der Waals surface area contributed by atoms with Crippen LogP contribution >= 0.6 is 0 Å². The van der Waals surface area contributed by atoms with E-state index in [-0.39, 0.29) is 0 Å². The van der Waals surface area contributed by atoms with Gasteiger partial charge in [0.2, 0.25) is 0 Å². The van der Waals surface area contributed by atoms with E-state index < -0.39 is 5.41 Å². The first-order valence-electron chi connectivity index (χ1n) is 18.2. The van der Waals surface area contributed by atoms with E-state index in [1.54, 1.807) is 0 Å². The molecule has 0 bridgehead atoms. The second-order valence-corrected chi connectivity index (χ2v) is 13.7. The number of nitrogens with zero attached hydrogens (tertiary/aromatic N) is 2. The molecule has 53 heavy (non-hydrogen) atoms. The molecule has 2 heteroatoms. The average molecular weight is 675 g/mol. The van der Waals surface area contributed by atoms with Gasteiger partial charge in [-0.05, 0) is 67.4 Å². The van der Waals surface area contributed by atoms with Gasteiger partial charge in [-0.2, -0.15) is 0 Å². The largest absolute Gasteiger partial charge is 0.228 e. The number of fused-ring (bicyclic) bond motifs is 5. The summed E-state index contributed by atoms with van der Waals surface area (Å²) in [4.78, 5) is 10.8. The number of hydrogen-bond acceptors (Lipinski definition) is 2. The van der Waals surface area contributed by atoms with Crippen molar-refractivity contribution in [2.45, 2.75) is 5.41 Å². The van der Waals surface area contributed by atoms with Crippen LogP contribution in [0.15, 0.2) is 206 Å². The molecule has 0 saturated heterocycles. The summed E-state index contributed by atoms with van der Waals surface area (Å²) in [6.07, 6.45) is 0. The zero-order chi connectivity index (χ0) is 35.2. The third kappa shape index (κ3) is 5.03. The minimum Gasteiger partial charge on any atom is -0.228 e. The van der Waals surface area contributed by atoms with Gasteiger partial charge >= 0.3 is 0 Å². The zero-order valence-electron chi connectivity index (χ0n) is 29.0. The molecule has 1 aliphatic rings. The molecule has 0 amide bonds. The summed E-state index contributed by atoms with van der Waals surface area (Å²) in [6, 6.07) is 73.9. The maximum atomic E-state index is 5.43. The predicted molar refractivity (Wildman–Crippen MR) is 219 cm³/mol. The van der Waals surface area contributed by atoms with E-state index >= 15 is 0 Å². The van der Waals surface area contributed by atoms with Crippen LogP contribution in [0.25, 0.3) is 66.9 Å².